The van der Waals surface area contributed by atoms with Gasteiger partial charge in [-0.15, -0.1) is 0 Å². The molecular weight excluding hydrogens is 593 g/mol. The Morgan fingerprint density at radius 3 is 2.34 bits per heavy atom. The fourth-order valence-corrected chi connectivity index (χ4v) is 7.16. The van der Waals surface area contributed by atoms with Crippen molar-refractivity contribution in [1.82, 2.24) is 4.90 Å². The summed E-state index contributed by atoms with van der Waals surface area (Å²) in [6.45, 7) is 21.3. The molecule has 0 aromatic heterocycles. The van der Waals surface area contributed by atoms with Crippen LogP contribution in [0.5, 0.6) is 5.75 Å². The van der Waals surface area contributed by atoms with Crippen LogP contribution in [0.2, 0.25) is 10.0 Å². The van der Waals surface area contributed by atoms with Crippen LogP contribution < -0.4 is 14.5 Å². The Bertz CT molecular complexity index is 1250. The molecule has 0 bridgehead atoms. The quantitative estimate of drug-likeness (QED) is 0.170. The Labute approximate surface area is 276 Å². The number of unbranched alkanes of at least 4 members (excludes halogenated alkanes) is 1. The minimum Gasteiger partial charge on any atom is -0.494 e. The van der Waals surface area contributed by atoms with Crippen LogP contribution in [0.4, 0.5) is 11.4 Å². The lowest BCUT2D eigenvalue weighted by molar-refractivity contribution is -0.163. The Hall–Kier alpha value is -2.15. The Balaban J connectivity index is 1.28. The van der Waals surface area contributed by atoms with Gasteiger partial charge in [-0.1, -0.05) is 70.0 Å². The molecule has 0 N–H and O–H groups in total. The number of hydrogen-bond donors (Lipinski definition) is 0. The summed E-state index contributed by atoms with van der Waals surface area (Å²) in [5, 5.41) is 1.25. The lowest BCUT2D eigenvalue weighted by Gasteiger charge is -2.41. The second-order valence-electron chi connectivity index (χ2n) is 14.7. The number of fused-ring (bicyclic) bond motifs is 1. The molecule has 2 aliphatic heterocycles. The van der Waals surface area contributed by atoms with Crippen molar-refractivity contribution in [2.45, 2.75) is 86.8 Å². The number of nitrogens with zero attached hydrogens (tertiary/aromatic N) is 3. The van der Waals surface area contributed by atoms with E-state index in [1.54, 1.807) is 0 Å². The first-order valence-electron chi connectivity index (χ1n) is 16.4. The van der Waals surface area contributed by atoms with Crippen LogP contribution in [-0.2, 0) is 16.0 Å². The highest BCUT2D eigenvalue weighted by Crippen LogP contribution is 2.38. The molecule has 6 nitrogen and oxygen atoms in total. The van der Waals surface area contributed by atoms with E-state index in [0.29, 0.717) is 16.7 Å². The molecule has 1 unspecified atom stereocenters. The maximum atomic E-state index is 13.4. The van der Waals surface area contributed by atoms with Gasteiger partial charge >= 0.3 is 5.97 Å². The Morgan fingerprint density at radius 2 is 1.66 bits per heavy atom. The fourth-order valence-electron chi connectivity index (χ4n) is 6.74. The Morgan fingerprint density at radius 1 is 0.932 bits per heavy atom. The van der Waals surface area contributed by atoms with Gasteiger partial charge in [-0.25, -0.2) is 0 Å². The van der Waals surface area contributed by atoms with Crippen LogP contribution >= 0.6 is 23.2 Å². The van der Waals surface area contributed by atoms with Gasteiger partial charge in [0, 0.05) is 50.4 Å². The molecule has 2 aromatic carbocycles. The standard InChI is InChI=1S/C36H53Cl2N3O3/c1-26(2)33(44-34(42)36(6,7)25-35(3,4)5)41-18-11-12-27-15-16-28(24-31(27)41)43-23-9-8-17-39-19-21-40(22-20-39)30-14-10-13-29(37)32(30)38/h10,13-16,24,26,33H,8-9,11-12,17-23,25H2,1-7H3. The fraction of sp³-hybridized carbons (Fsp3) is 0.639. The van der Waals surface area contributed by atoms with Crippen LogP contribution in [0, 0.1) is 16.7 Å². The first kappa shape index (κ1) is 34.7. The molecule has 2 heterocycles. The molecule has 0 amide bonds. The van der Waals surface area contributed by atoms with Gasteiger partial charge in [0.25, 0.3) is 0 Å². The van der Waals surface area contributed by atoms with Gasteiger partial charge < -0.3 is 19.3 Å². The van der Waals surface area contributed by atoms with E-state index in [1.165, 1.54) is 5.56 Å². The molecule has 1 fully saturated rings. The summed E-state index contributed by atoms with van der Waals surface area (Å²) in [6, 6.07) is 12.3. The molecule has 0 spiro atoms. The minimum atomic E-state index is -0.549. The zero-order valence-electron chi connectivity index (χ0n) is 27.9. The van der Waals surface area contributed by atoms with Crippen LogP contribution in [0.15, 0.2) is 36.4 Å². The number of hydrogen-bond acceptors (Lipinski definition) is 6. The first-order valence-corrected chi connectivity index (χ1v) is 17.2. The van der Waals surface area contributed by atoms with Crippen LogP contribution in [0.3, 0.4) is 0 Å². The van der Waals surface area contributed by atoms with Crippen molar-refractivity contribution < 1.29 is 14.3 Å². The number of aryl methyl sites for hydroxylation is 1. The van der Waals surface area contributed by atoms with E-state index in [1.807, 2.05) is 32.0 Å². The van der Waals surface area contributed by atoms with Gasteiger partial charge in [0.15, 0.2) is 6.23 Å². The predicted molar refractivity (Wildman–Crippen MR) is 185 cm³/mol. The third kappa shape index (κ3) is 9.20. The second kappa shape index (κ2) is 15.0. The van der Waals surface area contributed by atoms with Gasteiger partial charge in [0.2, 0.25) is 0 Å². The summed E-state index contributed by atoms with van der Waals surface area (Å²) in [4.78, 5) is 20.5. The normalized spacial score (nSPS) is 17.0. The monoisotopic (exact) mass is 645 g/mol. The number of halogens is 2. The molecule has 0 aliphatic carbocycles. The smallest absolute Gasteiger partial charge is 0.313 e. The molecular formula is C36H53Cl2N3O3. The zero-order valence-corrected chi connectivity index (χ0v) is 29.4. The van der Waals surface area contributed by atoms with Crippen molar-refractivity contribution in [2.24, 2.45) is 16.7 Å². The number of carbonyl (C=O) groups excluding carboxylic acids is 1. The molecule has 1 atom stereocenters. The highest BCUT2D eigenvalue weighted by molar-refractivity contribution is 6.43. The van der Waals surface area contributed by atoms with Crippen molar-refractivity contribution in [3.63, 3.8) is 0 Å². The van der Waals surface area contributed by atoms with E-state index in [9.17, 15) is 4.79 Å². The average molecular weight is 647 g/mol. The van der Waals surface area contributed by atoms with E-state index >= 15 is 0 Å². The molecule has 2 aliphatic rings. The molecule has 1 saturated heterocycles. The lowest BCUT2D eigenvalue weighted by Crippen LogP contribution is -2.47. The molecule has 44 heavy (non-hydrogen) atoms. The number of piperazine rings is 1. The van der Waals surface area contributed by atoms with Gasteiger partial charge in [0.1, 0.15) is 5.75 Å². The summed E-state index contributed by atoms with van der Waals surface area (Å²) >= 11 is 12.7. The first-order chi connectivity index (χ1) is 20.7. The van der Waals surface area contributed by atoms with Crippen LogP contribution in [0.25, 0.3) is 0 Å². The number of carbonyl (C=O) groups is 1. The van der Waals surface area contributed by atoms with Crippen molar-refractivity contribution >= 4 is 40.5 Å². The van der Waals surface area contributed by atoms with Gasteiger partial charge in [-0.05, 0) is 81.7 Å². The third-order valence-corrected chi connectivity index (χ3v) is 9.43. The summed E-state index contributed by atoms with van der Waals surface area (Å²) in [7, 11) is 0. The molecule has 4 rings (SSSR count). The summed E-state index contributed by atoms with van der Waals surface area (Å²) in [6.07, 6.45) is 4.61. The third-order valence-electron chi connectivity index (χ3n) is 8.62. The highest BCUT2D eigenvalue weighted by Gasteiger charge is 2.38. The topological polar surface area (TPSA) is 45.2 Å². The van der Waals surface area contributed by atoms with Gasteiger partial charge in [-0.2, -0.15) is 0 Å². The SMILES string of the molecule is CC(C)C(OC(=O)C(C)(C)CC(C)(C)C)N1CCCc2ccc(OCCCCN3CCN(c4cccc(Cl)c4Cl)CC3)cc21. The van der Waals surface area contributed by atoms with Crippen molar-refractivity contribution in [3.8, 4) is 5.75 Å². The molecule has 0 saturated carbocycles. The summed E-state index contributed by atoms with van der Waals surface area (Å²) in [5.74, 6) is 0.911. The summed E-state index contributed by atoms with van der Waals surface area (Å²) < 4.78 is 12.5. The minimum absolute atomic E-state index is 0.0429. The maximum Gasteiger partial charge on any atom is 0.313 e. The maximum absolute atomic E-state index is 13.4. The van der Waals surface area contributed by atoms with E-state index < -0.39 is 5.41 Å². The van der Waals surface area contributed by atoms with E-state index in [2.05, 4.69) is 67.5 Å². The van der Waals surface area contributed by atoms with E-state index in [4.69, 9.17) is 32.7 Å². The summed E-state index contributed by atoms with van der Waals surface area (Å²) in [5.41, 5.74) is 2.94. The average Bonchev–Trinajstić information content (AvgIpc) is 2.96. The largest absolute Gasteiger partial charge is 0.494 e. The number of ether oxygens (including phenoxy) is 2. The van der Waals surface area contributed by atoms with Crippen molar-refractivity contribution in [2.75, 3.05) is 55.7 Å². The van der Waals surface area contributed by atoms with Crippen LogP contribution in [-0.4, -0.2) is 63.0 Å². The molecule has 0 radical (unpaired) electrons. The highest BCUT2D eigenvalue weighted by atomic mass is 35.5. The zero-order chi connectivity index (χ0) is 32.1. The molecule has 8 heteroatoms. The number of esters is 1. The number of benzene rings is 2. The van der Waals surface area contributed by atoms with Crippen molar-refractivity contribution in [1.29, 1.82) is 0 Å². The Kier molecular flexibility index (Phi) is 11.8. The number of anilines is 2. The van der Waals surface area contributed by atoms with Crippen LogP contribution in [0.1, 0.15) is 79.7 Å². The lowest BCUT2D eigenvalue weighted by atomic mass is 9.76. The number of rotatable bonds is 12. The van der Waals surface area contributed by atoms with E-state index in [0.717, 1.165) is 88.5 Å². The predicted octanol–water partition coefficient (Wildman–Crippen LogP) is 8.71. The van der Waals surface area contributed by atoms with Crippen molar-refractivity contribution in [3.05, 3.63) is 52.0 Å². The van der Waals surface area contributed by atoms with E-state index in [-0.39, 0.29) is 23.5 Å². The second-order valence-corrected chi connectivity index (χ2v) is 15.5. The molecule has 2 aromatic rings. The molecule has 244 valence electrons. The van der Waals surface area contributed by atoms with Gasteiger partial charge in [0.05, 0.1) is 27.8 Å². The van der Waals surface area contributed by atoms with Gasteiger partial charge in [-0.3, -0.25) is 9.69 Å².